The van der Waals surface area contributed by atoms with E-state index in [1.807, 2.05) is 44.2 Å². The molecule has 0 radical (unpaired) electrons. The van der Waals surface area contributed by atoms with Gasteiger partial charge in [-0.3, -0.25) is 4.79 Å². The minimum absolute atomic E-state index is 0.0782. The minimum Gasteiger partial charge on any atom is -0.327 e. The Morgan fingerprint density at radius 1 is 1.00 bits per heavy atom. The van der Waals surface area contributed by atoms with Crippen molar-refractivity contribution in [2.24, 2.45) is 0 Å². The van der Waals surface area contributed by atoms with Crippen LogP contribution in [0.3, 0.4) is 0 Å². The topological polar surface area (TPSA) is 58.2 Å². The molecule has 0 spiro atoms. The van der Waals surface area contributed by atoms with Crippen LogP contribution in [0.5, 0.6) is 0 Å². The van der Waals surface area contributed by atoms with E-state index < -0.39 is 6.04 Å². The molecule has 4 nitrogen and oxygen atoms in total. The first-order valence-electron chi connectivity index (χ1n) is 7.92. The molecule has 0 bridgehead atoms. The van der Waals surface area contributed by atoms with Crippen LogP contribution in [-0.4, -0.2) is 11.8 Å². The number of allylic oxidation sites excluding steroid dienone is 1. The van der Waals surface area contributed by atoms with Crippen molar-refractivity contribution >= 4 is 11.8 Å². The average Bonchev–Trinajstić information content (AvgIpc) is 2.54. The summed E-state index contributed by atoms with van der Waals surface area (Å²) in [4.78, 5) is 25.0. The zero-order valence-corrected chi connectivity index (χ0v) is 14.0. The molecule has 2 amide bonds. The summed E-state index contributed by atoms with van der Waals surface area (Å²) in [6.45, 7) is 5.79. The van der Waals surface area contributed by atoms with Crippen molar-refractivity contribution in [2.75, 3.05) is 0 Å². The molecule has 4 heteroatoms. The molecule has 1 heterocycles. The van der Waals surface area contributed by atoms with E-state index in [2.05, 4.69) is 16.7 Å². The molecular formula is C20H20N2O2. The van der Waals surface area contributed by atoms with Crippen LogP contribution in [0.2, 0.25) is 0 Å². The van der Waals surface area contributed by atoms with Gasteiger partial charge in [0.15, 0.2) is 5.78 Å². The smallest absolute Gasteiger partial charge is 0.319 e. The van der Waals surface area contributed by atoms with Gasteiger partial charge in [-0.1, -0.05) is 54.1 Å². The van der Waals surface area contributed by atoms with Crippen LogP contribution in [-0.2, 0) is 0 Å². The maximum Gasteiger partial charge on any atom is 0.319 e. The van der Waals surface area contributed by atoms with Gasteiger partial charge in [-0.2, -0.15) is 0 Å². The number of aryl methyl sites for hydroxylation is 2. The lowest BCUT2D eigenvalue weighted by atomic mass is 9.87. The normalized spacial score (nSPS) is 17.3. The van der Waals surface area contributed by atoms with Crippen molar-refractivity contribution in [3.8, 4) is 0 Å². The monoisotopic (exact) mass is 320 g/mol. The Kier molecular flexibility index (Phi) is 4.21. The maximum atomic E-state index is 13.0. The molecule has 0 fully saturated rings. The summed E-state index contributed by atoms with van der Waals surface area (Å²) in [5.41, 5.74) is 4.92. The van der Waals surface area contributed by atoms with E-state index in [0.717, 1.165) is 16.7 Å². The molecule has 2 aromatic rings. The molecule has 1 atom stereocenters. The number of nitrogens with one attached hydrogen (secondary N) is 2. The lowest BCUT2D eigenvalue weighted by Crippen LogP contribution is -2.45. The Bertz CT molecular complexity index is 838. The van der Waals surface area contributed by atoms with Crippen molar-refractivity contribution in [2.45, 2.75) is 26.8 Å². The molecule has 0 saturated carbocycles. The van der Waals surface area contributed by atoms with Gasteiger partial charge in [0.2, 0.25) is 0 Å². The molecule has 1 aliphatic rings. The fraction of sp³-hybridized carbons (Fsp3) is 0.200. The third-order valence-electron chi connectivity index (χ3n) is 4.29. The zero-order valence-electron chi connectivity index (χ0n) is 14.0. The van der Waals surface area contributed by atoms with Crippen LogP contribution in [0, 0.1) is 13.8 Å². The number of hydrogen-bond donors (Lipinski definition) is 2. The summed E-state index contributed by atoms with van der Waals surface area (Å²) >= 11 is 0. The van der Waals surface area contributed by atoms with E-state index in [1.54, 1.807) is 19.1 Å². The predicted octanol–water partition coefficient (Wildman–Crippen LogP) is 3.81. The molecule has 0 aliphatic carbocycles. The van der Waals surface area contributed by atoms with Crippen LogP contribution >= 0.6 is 0 Å². The second-order valence-corrected chi connectivity index (χ2v) is 6.13. The second-order valence-electron chi connectivity index (χ2n) is 6.13. The van der Waals surface area contributed by atoms with Crippen molar-refractivity contribution in [3.63, 3.8) is 0 Å². The van der Waals surface area contributed by atoms with E-state index in [9.17, 15) is 9.59 Å². The number of rotatable bonds is 3. The van der Waals surface area contributed by atoms with E-state index in [1.165, 1.54) is 0 Å². The second kappa shape index (κ2) is 6.32. The fourth-order valence-electron chi connectivity index (χ4n) is 3.12. The van der Waals surface area contributed by atoms with Crippen molar-refractivity contribution in [1.82, 2.24) is 10.6 Å². The van der Waals surface area contributed by atoms with Crippen LogP contribution in [0.15, 0.2) is 59.8 Å². The van der Waals surface area contributed by atoms with Gasteiger partial charge in [0.25, 0.3) is 0 Å². The standard InChI is InChI=1S/C20H20N2O2/c1-12-9-10-16(13(2)11-12)18-17(14(3)21-20(24)22-18)19(23)15-7-5-4-6-8-15/h4-11,18H,1-3H3,(H2,21,22,24)/t18-/m0/s1. The van der Waals surface area contributed by atoms with Crippen molar-refractivity contribution in [1.29, 1.82) is 0 Å². The Labute approximate surface area is 141 Å². The number of Topliss-reactive ketones (excluding diaryl/α,β-unsaturated/α-hetero) is 1. The first-order chi connectivity index (χ1) is 11.5. The lowest BCUT2D eigenvalue weighted by Gasteiger charge is -2.29. The third kappa shape index (κ3) is 2.95. The average molecular weight is 320 g/mol. The summed E-state index contributed by atoms with van der Waals surface area (Å²) in [7, 11) is 0. The molecule has 0 aromatic heterocycles. The number of urea groups is 1. The van der Waals surface area contributed by atoms with E-state index in [-0.39, 0.29) is 11.8 Å². The Morgan fingerprint density at radius 2 is 1.71 bits per heavy atom. The molecule has 0 saturated heterocycles. The van der Waals surface area contributed by atoms with E-state index in [4.69, 9.17) is 0 Å². The van der Waals surface area contributed by atoms with E-state index in [0.29, 0.717) is 16.8 Å². The first kappa shape index (κ1) is 16.0. The highest BCUT2D eigenvalue weighted by Crippen LogP contribution is 2.31. The zero-order chi connectivity index (χ0) is 17.3. The highest BCUT2D eigenvalue weighted by molar-refractivity contribution is 6.11. The van der Waals surface area contributed by atoms with Gasteiger partial charge in [-0.25, -0.2) is 4.79 Å². The minimum atomic E-state index is -0.452. The first-order valence-corrected chi connectivity index (χ1v) is 7.92. The number of ketones is 1. The van der Waals surface area contributed by atoms with Gasteiger partial charge in [0, 0.05) is 16.8 Å². The highest BCUT2D eigenvalue weighted by Gasteiger charge is 2.32. The Hall–Kier alpha value is -2.88. The summed E-state index contributed by atoms with van der Waals surface area (Å²) in [6, 6.07) is 14.4. The van der Waals surface area contributed by atoms with Gasteiger partial charge in [-0.15, -0.1) is 0 Å². The molecule has 3 rings (SSSR count). The van der Waals surface area contributed by atoms with Crippen molar-refractivity contribution in [3.05, 3.63) is 82.1 Å². The lowest BCUT2D eigenvalue weighted by molar-refractivity contribution is 0.102. The number of carbonyl (C=O) groups is 2. The van der Waals surface area contributed by atoms with Gasteiger partial charge in [0.1, 0.15) is 0 Å². The molecule has 1 aliphatic heterocycles. The SMILES string of the molecule is CC1=C(C(=O)c2ccccc2)[C@H](c2ccc(C)cc2C)NC(=O)N1. The molecule has 0 unspecified atom stereocenters. The largest absolute Gasteiger partial charge is 0.327 e. The fourth-order valence-corrected chi connectivity index (χ4v) is 3.12. The maximum absolute atomic E-state index is 13.0. The van der Waals surface area contributed by atoms with Crippen molar-refractivity contribution < 1.29 is 9.59 Å². The summed E-state index contributed by atoms with van der Waals surface area (Å²) in [6.07, 6.45) is 0. The van der Waals surface area contributed by atoms with Crippen LogP contribution in [0.1, 0.15) is 40.0 Å². The van der Waals surface area contributed by atoms with Gasteiger partial charge >= 0.3 is 6.03 Å². The number of hydrogen-bond acceptors (Lipinski definition) is 2. The van der Waals surface area contributed by atoms with Crippen LogP contribution in [0.25, 0.3) is 0 Å². The highest BCUT2D eigenvalue weighted by atomic mass is 16.2. The number of amides is 2. The number of benzene rings is 2. The van der Waals surface area contributed by atoms with Gasteiger partial charge < -0.3 is 10.6 Å². The summed E-state index contributed by atoms with van der Waals surface area (Å²) in [5.74, 6) is -0.0782. The van der Waals surface area contributed by atoms with Gasteiger partial charge in [-0.05, 0) is 31.9 Å². The molecule has 2 N–H and O–H groups in total. The molecule has 122 valence electrons. The Morgan fingerprint density at radius 3 is 2.38 bits per heavy atom. The summed E-state index contributed by atoms with van der Waals surface area (Å²) in [5, 5.41) is 5.61. The van der Waals surface area contributed by atoms with Crippen LogP contribution in [0.4, 0.5) is 4.79 Å². The predicted molar refractivity (Wildman–Crippen MR) is 93.8 cm³/mol. The summed E-state index contributed by atoms with van der Waals surface area (Å²) < 4.78 is 0. The number of carbonyl (C=O) groups excluding carboxylic acids is 2. The molecule has 2 aromatic carbocycles. The van der Waals surface area contributed by atoms with Gasteiger partial charge in [0.05, 0.1) is 6.04 Å². The van der Waals surface area contributed by atoms with Crippen LogP contribution < -0.4 is 10.6 Å². The quantitative estimate of drug-likeness (QED) is 0.845. The third-order valence-corrected chi connectivity index (χ3v) is 4.29. The van der Waals surface area contributed by atoms with E-state index >= 15 is 0 Å². The molecule has 24 heavy (non-hydrogen) atoms. The Balaban J connectivity index is 2.10. The molecular weight excluding hydrogens is 300 g/mol.